The highest BCUT2D eigenvalue weighted by atomic mass is 16.3. The van der Waals surface area contributed by atoms with Crippen LogP contribution >= 0.6 is 0 Å². The van der Waals surface area contributed by atoms with Crippen LogP contribution in [0.5, 0.6) is 0 Å². The minimum Gasteiger partial charge on any atom is -0.469 e. The molecule has 1 aliphatic rings. The summed E-state index contributed by atoms with van der Waals surface area (Å²) in [5, 5.41) is 0. The molecule has 20 heavy (non-hydrogen) atoms. The van der Waals surface area contributed by atoms with E-state index in [2.05, 4.69) is 27.0 Å². The minimum atomic E-state index is 0.618. The summed E-state index contributed by atoms with van der Waals surface area (Å²) in [6.07, 6.45) is 5.66. The van der Waals surface area contributed by atoms with Crippen molar-refractivity contribution in [2.75, 3.05) is 39.8 Å². The standard InChI is InChI=1S/C17H30N2O/c1-15(2)6-7-16(17-5-4-14-20-17)8-9-19-12-10-18(3)11-13-19/h4-5,14-16H,6-13H2,1-3H3/p+2/t16-/m1/s1. The van der Waals surface area contributed by atoms with Gasteiger partial charge in [-0.25, -0.2) is 0 Å². The van der Waals surface area contributed by atoms with Crippen LogP contribution in [0.2, 0.25) is 0 Å². The van der Waals surface area contributed by atoms with E-state index in [0.29, 0.717) is 5.92 Å². The lowest BCUT2D eigenvalue weighted by molar-refractivity contribution is -1.00. The van der Waals surface area contributed by atoms with Crippen molar-refractivity contribution in [3.63, 3.8) is 0 Å². The number of nitrogens with one attached hydrogen (secondary N) is 2. The van der Waals surface area contributed by atoms with Crippen LogP contribution in [0.3, 0.4) is 0 Å². The molecule has 1 aromatic rings. The number of piperazine rings is 1. The second kappa shape index (κ2) is 7.84. The normalized spacial score (nSPS) is 25.0. The Labute approximate surface area is 123 Å². The van der Waals surface area contributed by atoms with Crippen molar-refractivity contribution in [1.82, 2.24) is 0 Å². The monoisotopic (exact) mass is 280 g/mol. The van der Waals surface area contributed by atoms with Crippen LogP contribution in [0.4, 0.5) is 0 Å². The molecule has 2 rings (SSSR count). The maximum absolute atomic E-state index is 5.67. The van der Waals surface area contributed by atoms with Crippen LogP contribution in [0.15, 0.2) is 22.8 Å². The molecule has 1 aliphatic heterocycles. The lowest BCUT2D eigenvalue weighted by Gasteiger charge is -2.28. The summed E-state index contributed by atoms with van der Waals surface area (Å²) in [6.45, 7) is 11.2. The molecule has 0 aliphatic carbocycles. The fourth-order valence-corrected chi connectivity index (χ4v) is 3.15. The Kier molecular flexibility index (Phi) is 6.11. The molecule has 3 nitrogen and oxygen atoms in total. The average Bonchev–Trinajstić information content (AvgIpc) is 2.94. The van der Waals surface area contributed by atoms with Crippen LogP contribution in [0.1, 0.15) is 44.8 Å². The first kappa shape index (κ1) is 15.6. The predicted molar refractivity (Wildman–Crippen MR) is 82.3 cm³/mol. The van der Waals surface area contributed by atoms with Gasteiger partial charge in [0.2, 0.25) is 0 Å². The Morgan fingerprint density at radius 3 is 2.45 bits per heavy atom. The topological polar surface area (TPSA) is 22.0 Å². The molecule has 1 atom stereocenters. The lowest BCUT2D eigenvalue weighted by atomic mass is 9.93. The van der Waals surface area contributed by atoms with E-state index in [9.17, 15) is 0 Å². The van der Waals surface area contributed by atoms with Crippen LogP contribution in [-0.2, 0) is 0 Å². The smallest absolute Gasteiger partial charge is 0.127 e. The molecule has 0 spiro atoms. The zero-order valence-corrected chi connectivity index (χ0v) is 13.5. The molecule has 1 saturated heterocycles. The first-order valence-electron chi connectivity index (χ1n) is 8.33. The molecule has 0 bridgehead atoms. The van der Waals surface area contributed by atoms with Gasteiger partial charge in [-0.15, -0.1) is 0 Å². The summed E-state index contributed by atoms with van der Waals surface area (Å²) < 4.78 is 5.67. The minimum absolute atomic E-state index is 0.618. The second-order valence-electron chi connectivity index (χ2n) is 6.93. The van der Waals surface area contributed by atoms with Crippen molar-refractivity contribution in [3.05, 3.63) is 24.2 Å². The van der Waals surface area contributed by atoms with Crippen molar-refractivity contribution in [2.45, 2.75) is 39.0 Å². The summed E-state index contributed by atoms with van der Waals surface area (Å²) in [7, 11) is 2.31. The van der Waals surface area contributed by atoms with Crippen LogP contribution in [0.25, 0.3) is 0 Å². The quantitative estimate of drug-likeness (QED) is 0.750. The summed E-state index contributed by atoms with van der Waals surface area (Å²) in [5.74, 6) is 2.60. The maximum Gasteiger partial charge on any atom is 0.127 e. The highest BCUT2D eigenvalue weighted by Gasteiger charge is 2.22. The number of hydrogen-bond acceptors (Lipinski definition) is 1. The zero-order chi connectivity index (χ0) is 14.4. The SMILES string of the molecule is CC(C)CC[C@H](CC[NH+]1CC[NH+](C)CC1)c1ccco1. The Morgan fingerprint density at radius 2 is 1.85 bits per heavy atom. The van der Waals surface area contributed by atoms with Gasteiger partial charge in [0.05, 0.1) is 19.9 Å². The fraction of sp³-hybridized carbons (Fsp3) is 0.765. The van der Waals surface area contributed by atoms with Crippen LogP contribution < -0.4 is 9.80 Å². The number of likely N-dealkylation sites (N-methyl/N-ethyl adjacent to an activating group) is 1. The van der Waals surface area contributed by atoms with Crippen molar-refractivity contribution in [1.29, 1.82) is 0 Å². The molecule has 114 valence electrons. The molecule has 0 amide bonds. The third-order valence-corrected chi connectivity index (χ3v) is 4.70. The van der Waals surface area contributed by atoms with Crippen molar-refractivity contribution in [2.24, 2.45) is 5.92 Å². The Bertz CT molecular complexity index is 353. The van der Waals surface area contributed by atoms with E-state index in [1.165, 1.54) is 57.7 Å². The van der Waals surface area contributed by atoms with E-state index in [4.69, 9.17) is 4.42 Å². The fourth-order valence-electron chi connectivity index (χ4n) is 3.15. The van der Waals surface area contributed by atoms with Gasteiger partial charge in [0.1, 0.15) is 31.9 Å². The molecule has 1 fully saturated rings. The first-order valence-corrected chi connectivity index (χ1v) is 8.33. The molecule has 0 aromatic carbocycles. The zero-order valence-electron chi connectivity index (χ0n) is 13.5. The second-order valence-corrected chi connectivity index (χ2v) is 6.93. The molecule has 1 aromatic heterocycles. The molecule has 3 heteroatoms. The number of hydrogen-bond donors (Lipinski definition) is 2. The van der Waals surface area contributed by atoms with Crippen molar-refractivity contribution < 1.29 is 14.2 Å². The van der Waals surface area contributed by atoms with E-state index >= 15 is 0 Å². The van der Waals surface area contributed by atoms with Crippen molar-refractivity contribution >= 4 is 0 Å². The first-order chi connectivity index (χ1) is 9.65. The predicted octanol–water partition coefficient (Wildman–Crippen LogP) is 0.603. The molecule has 0 radical (unpaired) electrons. The van der Waals surface area contributed by atoms with Crippen LogP contribution in [-0.4, -0.2) is 39.8 Å². The largest absolute Gasteiger partial charge is 0.469 e. The summed E-state index contributed by atoms with van der Waals surface area (Å²) >= 11 is 0. The number of furan rings is 1. The van der Waals surface area contributed by atoms with Gasteiger partial charge in [0, 0.05) is 12.3 Å². The van der Waals surface area contributed by atoms with Gasteiger partial charge < -0.3 is 14.2 Å². The summed E-state index contributed by atoms with van der Waals surface area (Å²) in [6, 6.07) is 4.19. The Balaban J connectivity index is 1.81. The molecular formula is C17H32N2O+2. The molecule has 2 heterocycles. The van der Waals surface area contributed by atoms with E-state index in [1.807, 2.05) is 12.3 Å². The van der Waals surface area contributed by atoms with E-state index in [0.717, 1.165) is 5.92 Å². The Morgan fingerprint density at radius 1 is 1.10 bits per heavy atom. The van der Waals surface area contributed by atoms with Gasteiger partial charge in [-0.2, -0.15) is 0 Å². The average molecular weight is 280 g/mol. The molecule has 0 saturated carbocycles. The van der Waals surface area contributed by atoms with E-state index < -0.39 is 0 Å². The third-order valence-electron chi connectivity index (χ3n) is 4.70. The van der Waals surface area contributed by atoms with E-state index in [-0.39, 0.29) is 0 Å². The van der Waals surface area contributed by atoms with Crippen molar-refractivity contribution in [3.8, 4) is 0 Å². The number of rotatable bonds is 7. The Hall–Kier alpha value is -0.800. The maximum atomic E-state index is 5.67. The van der Waals surface area contributed by atoms with Gasteiger partial charge in [-0.3, -0.25) is 0 Å². The molecular weight excluding hydrogens is 248 g/mol. The molecule has 2 N–H and O–H groups in total. The highest BCUT2D eigenvalue weighted by Crippen LogP contribution is 2.26. The van der Waals surface area contributed by atoms with Gasteiger partial charge in [0.25, 0.3) is 0 Å². The summed E-state index contributed by atoms with van der Waals surface area (Å²) in [4.78, 5) is 3.48. The lowest BCUT2D eigenvalue weighted by Crippen LogP contribution is -3.27. The van der Waals surface area contributed by atoms with Gasteiger partial charge in [-0.05, 0) is 24.5 Å². The number of quaternary nitrogens is 2. The van der Waals surface area contributed by atoms with Gasteiger partial charge in [-0.1, -0.05) is 20.3 Å². The summed E-state index contributed by atoms with van der Waals surface area (Å²) in [5.41, 5.74) is 0. The highest BCUT2D eigenvalue weighted by molar-refractivity contribution is 5.05. The van der Waals surface area contributed by atoms with Gasteiger partial charge in [0.15, 0.2) is 0 Å². The van der Waals surface area contributed by atoms with Gasteiger partial charge >= 0.3 is 0 Å². The van der Waals surface area contributed by atoms with E-state index in [1.54, 1.807) is 9.80 Å². The molecule has 0 unspecified atom stereocenters. The third kappa shape index (κ3) is 4.95. The van der Waals surface area contributed by atoms with Crippen LogP contribution in [0, 0.1) is 5.92 Å².